The second-order valence-electron chi connectivity index (χ2n) is 5.05. The lowest BCUT2D eigenvalue weighted by atomic mass is 10.3. The van der Waals surface area contributed by atoms with Gasteiger partial charge in [-0.25, -0.2) is 4.98 Å². The zero-order valence-electron chi connectivity index (χ0n) is 12.2. The van der Waals surface area contributed by atoms with Gasteiger partial charge in [0.1, 0.15) is 9.88 Å². The van der Waals surface area contributed by atoms with E-state index in [2.05, 4.69) is 29.0 Å². The van der Waals surface area contributed by atoms with Crippen molar-refractivity contribution in [1.29, 1.82) is 0 Å². The van der Waals surface area contributed by atoms with E-state index in [1.54, 1.807) is 0 Å². The normalized spacial score (nSPS) is 26.2. The molecule has 1 fully saturated rings. The monoisotopic (exact) mass is 342 g/mol. The fourth-order valence-electron chi connectivity index (χ4n) is 2.12. The van der Waals surface area contributed by atoms with Crippen molar-refractivity contribution in [2.75, 3.05) is 5.75 Å². The molecule has 0 amide bonds. The van der Waals surface area contributed by atoms with Gasteiger partial charge in [-0.1, -0.05) is 19.0 Å². The Morgan fingerprint density at radius 3 is 2.76 bits per heavy atom. The van der Waals surface area contributed by atoms with Crippen LogP contribution in [0.4, 0.5) is 0 Å². The van der Waals surface area contributed by atoms with Crippen LogP contribution in [0, 0.1) is 6.92 Å². The van der Waals surface area contributed by atoms with Crippen molar-refractivity contribution in [3.63, 3.8) is 0 Å². The lowest BCUT2D eigenvalue weighted by Crippen LogP contribution is -2.22. The van der Waals surface area contributed by atoms with Gasteiger partial charge in [0.2, 0.25) is 0 Å². The topological polar surface area (TPSA) is 77.8 Å². The van der Waals surface area contributed by atoms with E-state index >= 15 is 0 Å². The molecule has 0 saturated carbocycles. The highest BCUT2D eigenvalue weighted by Crippen LogP contribution is 2.43. The summed E-state index contributed by atoms with van der Waals surface area (Å²) in [6, 6.07) is 0. The molecular weight excluding hydrogens is 324 g/mol. The molecular formula is C13H18N4OS3. The summed E-state index contributed by atoms with van der Waals surface area (Å²) in [5, 5.41) is 6.66. The van der Waals surface area contributed by atoms with Gasteiger partial charge >= 0.3 is 0 Å². The summed E-state index contributed by atoms with van der Waals surface area (Å²) in [5.74, 6) is 2.39. The van der Waals surface area contributed by atoms with E-state index in [0.29, 0.717) is 28.2 Å². The third-order valence-electron chi connectivity index (χ3n) is 3.49. The first-order valence-electron chi connectivity index (χ1n) is 6.86. The largest absolute Gasteiger partial charge is 0.333 e. The molecule has 21 heavy (non-hydrogen) atoms. The maximum atomic E-state index is 5.64. The standard InChI is InChI=1S/C13H18N4OS3/c1-6-11(21-10(4-14)15-6)13-16-12(17-18-13)9-5-19-7(2)8(3)20-9/h7-9H,4-5,14H2,1-3H3. The van der Waals surface area contributed by atoms with Crippen LogP contribution >= 0.6 is 34.9 Å². The first kappa shape index (κ1) is 15.3. The van der Waals surface area contributed by atoms with Gasteiger partial charge in [0.05, 0.1) is 10.9 Å². The third kappa shape index (κ3) is 3.13. The lowest BCUT2D eigenvalue weighted by Gasteiger charge is -2.29. The average Bonchev–Trinajstić information content (AvgIpc) is 3.08. The van der Waals surface area contributed by atoms with Crippen molar-refractivity contribution in [2.45, 2.75) is 43.1 Å². The van der Waals surface area contributed by atoms with Crippen LogP contribution in [0.15, 0.2) is 4.52 Å². The van der Waals surface area contributed by atoms with Crippen molar-refractivity contribution < 1.29 is 4.52 Å². The molecule has 0 aromatic carbocycles. The molecule has 3 atom stereocenters. The molecule has 8 heteroatoms. The summed E-state index contributed by atoms with van der Waals surface area (Å²) in [6.07, 6.45) is 0. The number of aryl methyl sites for hydroxylation is 1. The highest BCUT2D eigenvalue weighted by atomic mass is 32.2. The van der Waals surface area contributed by atoms with Crippen molar-refractivity contribution in [2.24, 2.45) is 5.73 Å². The first-order valence-corrected chi connectivity index (χ1v) is 9.66. The van der Waals surface area contributed by atoms with E-state index in [9.17, 15) is 0 Å². The fraction of sp³-hybridized carbons (Fsp3) is 0.615. The zero-order chi connectivity index (χ0) is 15.0. The zero-order valence-corrected chi connectivity index (χ0v) is 14.6. The summed E-state index contributed by atoms with van der Waals surface area (Å²) < 4.78 is 5.45. The predicted molar refractivity (Wildman–Crippen MR) is 89.7 cm³/mol. The second-order valence-corrected chi connectivity index (χ2v) is 9.13. The molecule has 0 aliphatic carbocycles. The number of hydrogen-bond donors (Lipinski definition) is 1. The molecule has 3 rings (SSSR count). The first-order chi connectivity index (χ1) is 10.1. The van der Waals surface area contributed by atoms with Gasteiger partial charge in [-0.05, 0) is 6.92 Å². The van der Waals surface area contributed by atoms with E-state index in [1.165, 1.54) is 11.3 Å². The van der Waals surface area contributed by atoms with Gasteiger partial charge in [-0.2, -0.15) is 16.7 Å². The Morgan fingerprint density at radius 2 is 2.10 bits per heavy atom. The molecule has 5 nitrogen and oxygen atoms in total. The minimum absolute atomic E-state index is 0.306. The van der Waals surface area contributed by atoms with Crippen molar-refractivity contribution in [1.82, 2.24) is 15.1 Å². The van der Waals surface area contributed by atoms with Crippen LogP contribution in [0.2, 0.25) is 0 Å². The lowest BCUT2D eigenvalue weighted by molar-refractivity contribution is 0.423. The van der Waals surface area contributed by atoms with E-state index in [4.69, 9.17) is 10.3 Å². The summed E-state index contributed by atoms with van der Waals surface area (Å²) in [5.41, 5.74) is 6.54. The molecule has 2 N–H and O–H groups in total. The Balaban J connectivity index is 1.81. The highest BCUT2D eigenvalue weighted by Gasteiger charge is 2.30. The van der Waals surface area contributed by atoms with Crippen LogP contribution in [0.5, 0.6) is 0 Å². The van der Waals surface area contributed by atoms with Gasteiger partial charge < -0.3 is 10.3 Å². The summed E-state index contributed by atoms with van der Waals surface area (Å²) in [4.78, 5) is 9.93. The third-order valence-corrected chi connectivity index (χ3v) is 8.04. The van der Waals surface area contributed by atoms with E-state index in [-0.39, 0.29) is 0 Å². The Hall–Kier alpha value is -0.570. The average molecular weight is 343 g/mol. The van der Waals surface area contributed by atoms with Crippen molar-refractivity contribution in [3.05, 3.63) is 16.5 Å². The van der Waals surface area contributed by atoms with Crippen molar-refractivity contribution >= 4 is 34.9 Å². The fourth-order valence-corrected chi connectivity index (χ4v) is 5.81. The molecule has 1 aliphatic heterocycles. The molecule has 2 aromatic heterocycles. The Kier molecular flexibility index (Phi) is 4.58. The van der Waals surface area contributed by atoms with Gasteiger partial charge in [0.15, 0.2) is 5.82 Å². The molecule has 1 saturated heterocycles. The summed E-state index contributed by atoms with van der Waals surface area (Å²) >= 11 is 5.44. The van der Waals surface area contributed by atoms with Crippen molar-refractivity contribution in [3.8, 4) is 10.8 Å². The number of thioether (sulfide) groups is 2. The van der Waals surface area contributed by atoms with E-state index < -0.39 is 0 Å². The van der Waals surface area contributed by atoms with Crippen LogP contribution < -0.4 is 5.73 Å². The van der Waals surface area contributed by atoms with Crippen LogP contribution in [-0.2, 0) is 6.54 Å². The maximum absolute atomic E-state index is 5.64. The number of nitrogens with two attached hydrogens (primary N) is 1. The van der Waals surface area contributed by atoms with Gasteiger partial charge in [-0.3, -0.25) is 0 Å². The molecule has 1 aliphatic rings. The SMILES string of the molecule is Cc1nc(CN)sc1-c1nc(C2CSC(C)C(C)S2)no1. The van der Waals surface area contributed by atoms with Crippen LogP contribution in [-0.4, -0.2) is 31.4 Å². The quantitative estimate of drug-likeness (QED) is 0.917. The molecule has 2 aromatic rings. The van der Waals surface area contributed by atoms with Gasteiger partial charge in [0.25, 0.3) is 5.89 Å². The summed E-state index contributed by atoms with van der Waals surface area (Å²) in [6.45, 7) is 6.92. The van der Waals surface area contributed by atoms with Gasteiger partial charge in [-0.15, -0.1) is 23.1 Å². The molecule has 0 radical (unpaired) electrons. The number of rotatable bonds is 3. The molecule has 0 spiro atoms. The molecule has 3 heterocycles. The minimum Gasteiger partial charge on any atom is -0.333 e. The number of nitrogens with zero attached hydrogens (tertiary/aromatic N) is 3. The summed E-state index contributed by atoms with van der Waals surface area (Å²) in [7, 11) is 0. The van der Waals surface area contributed by atoms with Crippen LogP contribution in [0.1, 0.15) is 35.6 Å². The Labute approximate surface area is 136 Å². The van der Waals surface area contributed by atoms with E-state index in [1.807, 2.05) is 30.4 Å². The second kappa shape index (κ2) is 6.28. The number of thiazole rings is 1. The highest BCUT2D eigenvalue weighted by molar-refractivity contribution is 8.07. The smallest absolute Gasteiger partial charge is 0.269 e. The number of hydrogen-bond acceptors (Lipinski definition) is 8. The maximum Gasteiger partial charge on any atom is 0.269 e. The molecule has 0 bridgehead atoms. The van der Waals surface area contributed by atoms with Crippen LogP contribution in [0.25, 0.3) is 10.8 Å². The molecule has 3 unspecified atom stereocenters. The molecule has 114 valence electrons. The Morgan fingerprint density at radius 1 is 1.29 bits per heavy atom. The van der Waals surface area contributed by atoms with Crippen LogP contribution in [0.3, 0.4) is 0 Å². The van der Waals surface area contributed by atoms with E-state index in [0.717, 1.165) is 27.2 Å². The number of aromatic nitrogens is 3. The predicted octanol–water partition coefficient (Wildman–Crippen LogP) is 3.26. The minimum atomic E-state index is 0.306. The van der Waals surface area contributed by atoms with Gasteiger partial charge in [0, 0.05) is 22.8 Å². The Bertz CT molecular complexity index is 627.